The summed E-state index contributed by atoms with van der Waals surface area (Å²) in [6, 6.07) is 12.5. The highest BCUT2D eigenvalue weighted by atomic mass is 35.5. The summed E-state index contributed by atoms with van der Waals surface area (Å²) in [5.41, 5.74) is 1.64. The number of pyridine rings is 1. The second kappa shape index (κ2) is 13.8. The van der Waals surface area contributed by atoms with Crippen LogP contribution in [-0.4, -0.2) is 45.7 Å². The minimum Gasteiger partial charge on any atom is -0.507 e. The summed E-state index contributed by atoms with van der Waals surface area (Å²) < 4.78 is 12.0. The van der Waals surface area contributed by atoms with Crippen molar-refractivity contribution in [1.82, 2.24) is 15.2 Å². The molecule has 2 aromatic heterocycles. The highest BCUT2D eigenvalue weighted by Crippen LogP contribution is 2.45. The van der Waals surface area contributed by atoms with Gasteiger partial charge in [-0.25, -0.2) is 0 Å². The number of halogens is 2. The summed E-state index contributed by atoms with van der Waals surface area (Å²) in [5.74, 6) is -0.564. The van der Waals surface area contributed by atoms with E-state index in [0.717, 1.165) is 29.7 Å². The van der Waals surface area contributed by atoms with Gasteiger partial charge >= 0.3 is 5.91 Å². The third-order valence-electron chi connectivity index (χ3n) is 6.63. The van der Waals surface area contributed by atoms with Crippen molar-refractivity contribution in [3.8, 4) is 11.5 Å². The Balaban J connectivity index is 1.54. The summed E-state index contributed by atoms with van der Waals surface area (Å²) in [5, 5.41) is 21.1. The van der Waals surface area contributed by atoms with Crippen LogP contribution in [0.5, 0.6) is 11.5 Å². The van der Waals surface area contributed by atoms with E-state index in [9.17, 15) is 14.7 Å². The van der Waals surface area contributed by atoms with Gasteiger partial charge in [-0.15, -0.1) is 10.2 Å². The zero-order valence-corrected chi connectivity index (χ0v) is 26.3. The SMILES string of the molecule is CCCCOc1ccc(C2C(=C(O)c3ccncc3)C(=O)C(=O)N2c2nnc(SCc3ccc(Cl)cc3Cl)s2)cc1OC. The molecule has 3 heterocycles. The van der Waals surface area contributed by atoms with Crippen LogP contribution in [0, 0.1) is 0 Å². The van der Waals surface area contributed by atoms with Gasteiger partial charge in [-0.2, -0.15) is 0 Å². The number of Topliss-reactive ketones (excluding diaryl/α,β-unsaturated/α-hetero) is 1. The van der Waals surface area contributed by atoms with E-state index in [4.69, 9.17) is 32.7 Å². The number of hydrogen-bond donors (Lipinski definition) is 1. The maximum Gasteiger partial charge on any atom is 0.301 e. The molecule has 1 N–H and O–H groups in total. The minimum absolute atomic E-state index is 0.0877. The van der Waals surface area contributed by atoms with Crippen molar-refractivity contribution in [3.63, 3.8) is 0 Å². The molecule has 0 aliphatic carbocycles. The molecule has 5 rings (SSSR count). The number of ketones is 1. The first-order valence-corrected chi connectivity index (χ1v) is 15.8. The summed E-state index contributed by atoms with van der Waals surface area (Å²) in [6.45, 7) is 2.58. The molecule has 1 amide bonds. The van der Waals surface area contributed by atoms with E-state index >= 15 is 0 Å². The summed E-state index contributed by atoms with van der Waals surface area (Å²) in [7, 11) is 1.51. The number of benzene rings is 2. The van der Waals surface area contributed by atoms with Gasteiger partial charge in [-0.3, -0.25) is 19.5 Å². The number of aliphatic hydroxyl groups is 1. The number of hydrogen-bond acceptors (Lipinski definition) is 10. The fraction of sp³-hybridized carbons (Fsp3) is 0.233. The Morgan fingerprint density at radius 3 is 2.58 bits per heavy atom. The van der Waals surface area contributed by atoms with Gasteiger partial charge in [0, 0.05) is 33.8 Å². The molecule has 1 unspecified atom stereocenters. The predicted octanol–water partition coefficient (Wildman–Crippen LogP) is 7.35. The van der Waals surface area contributed by atoms with E-state index in [0.29, 0.717) is 49.4 Å². The summed E-state index contributed by atoms with van der Waals surface area (Å²) in [6.07, 6.45) is 4.83. The van der Waals surface area contributed by atoms with Crippen LogP contribution in [0.15, 0.2) is 70.8 Å². The lowest BCUT2D eigenvalue weighted by atomic mass is 9.95. The van der Waals surface area contributed by atoms with Crippen molar-refractivity contribution in [3.05, 3.63) is 93.2 Å². The smallest absolute Gasteiger partial charge is 0.301 e. The van der Waals surface area contributed by atoms with Crippen molar-refractivity contribution >= 4 is 68.9 Å². The van der Waals surface area contributed by atoms with Crippen molar-refractivity contribution in [2.75, 3.05) is 18.6 Å². The van der Waals surface area contributed by atoms with Gasteiger partial charge in [0.15, 0.2) is 15.8 Å². The first-order valence-electron chi connectivity index (χ1n) is 13.2. The van der Waals surface area contributed by atoms with Crippen LogP contribution in [0.3, 0.4) is 0 Å². The van der Waals surface area contributed by atoms with Gasteiger partial charge in [0.1, 0.15) is 5.76 Å². The molecule has 2 aromatic carbocycles. The molecule has 0 saturated carbocycles. The number of nitrogens with zero attached hydrogens (tertiary/aromatic N) is 4. The predicted molar refractivity (Wildman–Crippen MR) is 168 cm³/mol. The Morgan fingerprint density at radius 1 is 1.07 bits per heavy atom. The molecule has 13 heteroatoms. The molecule has 1 saturated heterocycles. The average Bonchev–Trinajstić information content (AvgIpc) is 3.58. The number of carbonyl (C=O) groups is 2. The summed E-state index contributed by atoms with van der Waals surface area (Å²) >= 11 is 14.9. The molecule has 0 spiro atoms. The first-order chi connectivity index (χ1) is 20.8. The fourth-order valence-corrected chi connectivity index (χ4v) is 6.87. The largest absolute Gasteiger partial charge is 0.507 e. The number of aliphatic hydroxyl groups excluding tert-OH is 1. The molecule has 1 fully saturated rings. The molecule has 222 valence electrons. The zero-order chi connectivity index (χ0) is 30.5. The third-order valence-corrected chi connectivity index (χ3v) is 9.32. The Hall–Kier alpha value is -3.64. The number of thioether (sulfide) groups is 1. The molecule has 9 nitrogen and oxygen atoms in total. The molecule has 1 atom stereocenters. The highest BCUT2D eigenvalue weighted by Gasteiger charge is 2.48. The number of aromatic nitrogens is 3. The number of amides is 1. The van der Waals surface area contributed by atoms with E-state index in [-0.39, 0.29) is 16.5 Å². The van der Waals surface area contributed by atoms with Crippen LogP contribution in [0.2, 0.25) is 10.0 Å². The number of rotatable bonds is 11. The van der Waals surface area contributed by atoms with Gasteiger partial charge in [0.2, 0.25) is 5.13 Å². The number of anilines is 1. The van der Waals surface area contributed by atoms with Crippen molar-refractivity contribution in [1.29, 1.82) is 0 Å². The Labute approximate surface area is 266 Å². The molecular weight excluding hydrogens is 631 g/mol. The maximum atomic E-state index is 13.6. The van der Waals surface area contributed by atoms with Gasteiger partial charge in [0.25, 0.3) is 5.78 Å². The molecule has 1 aliphatic rings. The van der Waals surface area contributed by atoms with Gasteiger partial charge < -0.3 is 14.6 Å². The maximum absolute atomic E-state index is 13.6. The average molecular weight is 658 g/mol. The standard InChI is InChI=1S/C30H26Cl2N4O5S2/c1-3-4-13-41-22-8-6-18(14-23(22)40-2)25-24(26(37)17-9-11-33-12-10-17)27(38)28(39)36(25)29-34-35-30(43-29)42-16-19-5-7-20(31)15-21(19)32/h5-12,14-15,25,37H,3-4,13,16H2,1-2H3. The number of methoxy groups -OCH3 is 1. The Kier molecular flexibility index (Phi) is 9.86. The van der Waals surface area contributed by atoms with Crippen LogP contribution >= 0.6 is 46.3 Å². The normalized spacial score (nSPS) is 16.1. The lowest BCUT2D eigenvalue weighted by Crippen LogP contribution is -2.29. The van der Waals surface area contributed by atoms with E-state index in [1.165, 1.54) is 36.2 Å². The summed E-state index contributed by atoms with van der Waals surface area (Å²) in [4.78, 5) is 32.3. The second-order valence-electron chi connectivity index (χ2n) is 9.39. The molecule has 0 bridgehead atoms. The molecular formula is C30H26Cl2N4O5S2. The molecule has 43 heavy (non-hydrogen) atoms. The van der Waals surface area contributed by atoms with E-state index in [1.54, 1.807) is 42.5 Å². The number of ether oxygens (including phenoxy) is 2. The van der Waals surface area contributed by atoms with Gasteiger partial charge in [-0.05, 0) is 53.9 Å². The fourth-order valence-electron chi connectivity index (χ4n) is 4.45. The Morgan fingerprint density at radius 2 is 1.86 bits per heavy atom. The first kappa shape index (κ1) is 30.8. The van der Waals surface area contributed by atoms with E-state index in [2.05, 4.69) is 22.1 Å². The molecule has 4 aromatic rings. The second-order valence-corrected chi connectivity index (χ2v) is 12.4. The van der Waals surface area contributed by atoms with Crippen molar-refractivity contribution < 1.29 is 24.2 Å². The van der Waals surface area contributed by atoms with E-state index < -0.39 is 17.7 Å². The minimum atomic E-state index is -1.01. The number of unbranched alkanes of at least 4 members (excludes halogenated alkanes) is 1. The van der Waals surface area contributed by atoms with Gasteiger partial charge in [0.05, 0.1) is 25.3 Å². The van der Waals surface area contributed by atoms with Crippen LogP contribution < -0.4 is 14.4 Å². The van der Waals surface area contributed by atoms with Gasteiger partial charge in [-0.1, -0.05) is 71.8 Å². The highest BCUT2D eigenvalue weighted by molar-refractivity contribution is 8.00. The lowest BCUT2D eigenvalue weighted by molar-refractivity contribution is -0.132. The third kappa shape index (κ3) is 6.65. The topological polar surface area (TPSA) is 115 Å². The van der Waals surface area contributed by atoms with Crippen LogP contribution in [-0.2, 0) is 15.3 Å². The molecule has 1 aliphatic heterocycles. The Bertz CT molecular complexity index is 1680. The quantitative estimate of drug-likeness (QED) is 0.0442. The monoisotopic (exact) mass is 656 g/mol. The zero-order valence-electron chi connectivity index (χ0n) is 23.1. The van der Waals surface area contributed by atoms with E-state index in [1.807, 2.05) is 6.07 Å². The van der Waals surface area contributed by atoms with Crippen LogP contribution in [0.25, 0.3) is 5.76 Å². The van der Waals surface area contributed by atoms with Crippen molar-refractivity contribution in [2.45, 2.75) is 35.9 Å². The lowest BCUT2D eigenvalue weighted by Gasteiger charge is -2.23. The number of carbonyl (C=O) groups excluding carboxylic acids is 2. The van der Waals surface area contributed by atoms with Crippen LogP contribution in [0.4, 0.5) is 5.13 Å². The van der Waals surface area contributed by atoms with Crippen LogP contribution in [0.1, 0.15) is 42.5 Å². The van der Waals surface area contributed by atoms with Crippen molar-refractivity contribution in [2.24, 2.45) is 0 Å². The molecule has 0 radical (unpaired) electrons.